The summed E-state index contributed by atoms with van der Waals surface area (Å²) in [7, 11) is 2.13. The van der Waals surface area contributed by atoms with Crippen LogP contribution in [-0.2, 0) is 4.79 Å². The van der Waals surface area contributed by atoms with Gasteiger partial charge < -0.3 is 16.0 Å². The van der Waals surface area contributed by atoms with E-state index in [0.717, 1.165) is 26.1 Å². The first-order valence-electron chi connectivity index (χ1n) is 7.16. The Morgan fingerprint density at radius 1 is 1.50 bits per heavy atom. The fourth-order valence-corrected chi connectivity index (χ4v) is 2.72. The fourth-order valence-electron chi connectivity index (χ4n) is 2.72. The van der Waals surface area contributed by atoms with Gasteiger partial charge in [0.15, 0.2) is 0 Å². The van der Waals surface area contributed by atoms with Gasteiger partial charge in [-0.05, 0) is 50.7 Å². The lowest BCUT2D eigenvalue weighted by Gasteiger charge is -2.17. The summed E-state index contributed by atoms with van der Waals surface area (Å²) >= 11 is 0. The molecular formula is C14H29N3O. The lowest BCUT2D eigenvalue weighted by molar-refractivity contribution is -0.122. The first-order chi connectivity index (χ1) is 8.51. The van der Waals surface area contributed by atoms with Crippen LogP contribution in [0, 0.1) is 17.8 Å². The number of amides is 1. The lowest BCUT2D eigenvalue weighted by Crippen LogP contribution is -2.33. The van der Waals surface area contributed by atoms with Crippen molar-refractivity contribution in [2.45, 2.75) is 33.1 Å². The molecule has 1 saturated heterocycles. The highest BCUT2D eigenvalue weighted by atomic mass is 16.1. The van der Waals surface area contributed by atoms with Crippen molar-refractivity contribution in [1.29, 1.82) is 0 Å². The average molecular weight is 255 g/mol. The van der Waals surface area contributed by atoms with Crippen molar-refractivity contribution in [3.05, 3.63) is 0 Å². The molecule has 1 aliphatic heterocycles. The van der Waals surface area contributed by atoms with Crippen LogP contribution in [0.3, 0.4) is 0 Å². The van der Waals surface area contributed by atoms with Crippen LogP contribution < -0.4 is 11.1 Å². The highest BCUT2D eigenvalue weighted by Gasteiger charge is 2.20. The van der Waals surface area contributed by atoms with Crippen LogP contribution in [-0.4, -0.2) is 44.0 Å². The molecule has 0 spiro atoms. The quantitative estimate of drug-likeness (QED) is 0.715. The molecule has 1 amide bonds. The van der Waals surface area contributed by atoms with E-state index in [2.05, 4.69) is 31.1 Å². The second-order valence-electron chi connectivity index (χ2n) is 6.16. The highest BCUT2D eigenvalue weighted by Crippen LogP contribution is 2.15. The predicted molar refractivity (Wildman–Crippen MR) is 75.2 cm³/mol. The van der Waals surface area contributed by atoms with Crippen molar-refractivity contribution in [1.82, 2.24) is 10.2 Å². The van der Waals surface area contributed by atoms with Crippen LogP contribution in [0.25, 0.3) is 0 Å². The number of nitrogens with two attached hydrogens (primary N) is 1. The fraction of sp³-hybridized carbons (Fsp3) is 0.929. The first kappa shape index (κ1) is 15.4. The van der Waals surface area contributed by atoms with Crippen LogP contribution in [0.2, 0.25) is 0 Å². The van der Waals surface area contributed by atoms with Crippen LogP contribution in [0.5, 0.6) is 0 Å². The lowest BCUT2D eigenvalue weighted by atomic mass is 9.94. The number of nitrogens with one attached hydrogen (secondary N) is 1. The molecule has 4 heteroatoms. The predicted octanol–water partition coefficient (Wildman–Crippen LogP) is 1.07. The molecule has 0 saturated carbocycles. The van der Waals surface area contributed by atoms with E-state index < -0.39 is 0 Å². The monoisotopic (exact) mass is 255 g/mol. The van der Waals surface area contributed by atoms with E-state index in [1.165, 1.54) is 6.42 Å². The van der Waals surface area contributed by atoms with Gasteiger partial charge in [-0.25, -0.2) is 0 Å². The van der Waals surface area contributed by atoms with Crippen LogP contribution in [0.1, 0.15) is 33.1 Å². The van der Waals surface area contributed by atoms with Gasteiger partial charge in [0, 0.05) is 19.5 Å². The number of carbonyl (C=O) groups is 1. The molecule has 0 aromatic carbocycles. The number of carbonyl (C=O) groups excluding carboxylic acids is 1. The average Bonchev–Trinajstić information content (AvgIpc) is 2.71. The van der Waals surface area contributed by atoms with Gasteiger partial charge in [0.05, 0.1) is 0 Å². The van der Waals surface area contributed by atoms with Gasteiger partial charge in [0.2, 0.25) is 5.91 Å². The molecule has 1 aliphatic rings. The van der Waals surface area contributed by atoms with Crippen molar-refractivity contribution >= 4 is 5.91 Å². The molecule has 0 radical (unpaired) electrons. The Hall–Kier alpha value is -0.610. The van der Waals surface area contributed by atoms with Gasteiger partial charge in [-0.1, -0.05) is 13.8 Å². The van der Waals surface area contributed by atoms with E-state index in [9.17, 15) is 4.79 Å². The summed E-state index contributed by atoms with van der Waals surface area (Å²) in [5.74, 6) is 1.73. The normalized spacial score (nSPS) is 22.4. The molecular weight excluding hydrogens is 226 g/mol. The van der Waals surface area contributed by atoms with Crippen molar-refractivity contribution in [2.24, 2.45) is 23.5 Å². The Labute approximate surface area is 111 Å². The topological polar surface area (TPSA) is 58.4 Å². The van der Waals surface area contributed by atoms with E-state index in [0.29, 0.717) is 30.7 Å². The van der Waals surface area contributed by atoms with E-state index >= 15 is 0 Å². The van der Waals surface area contributed by atoms with E-state index in [-0.39, 0.29) is 5.91 Å². The molecule has 0 bridgehead atoms. The molecule has 3 N–H and O–H groups in total. The molecule has 18 heavy (non-hydrogen) atoms. The minimum Gasteiger partial charge on any atom is -0.356 e. The smallest absolute Gasteiger partial charge is 0.220 e. The summed E-state index contributed by atoms with van der Waals surface area (Å²) in [6, 6.07) is 0. The van der Waals surface area contributed by atoms with Gasteiger partial charge in [-0.15, -0.1) is 0 Å². The van der Waals surface area contributed by atoms with Crippen LogP contribution in [0.15, 0.2) is 0 Å². The summed E-state index contributed by atoms with van der Waals surface area (Å²) in [6.07, 6.45) is 2.82. The van der Waals surface area contributed by atoms with Crippen molar-refractivity contribution < 1.29 is 4.79 Å². The molecule has 0 aromatic heterocycles. The maximum Gasteiger partial charge on any atom is 0.220 e. The number of likely N-dealkylation sites (tertiary alicyclic amines) is 1. The summed E-state index contributed by atoms with van der Waals surface area (Å²) in [6.45, 7) is 8.04. The molecule has 106 valence electrons. The van der Waals surface area contributed by atoms with Crippen LogP contribution in [0.4, 0.5) is 0 Å². The number of nitrogens with zero attached hydrogens (tertiary/aromatic N) is 1. The Morgan fingerprint density at radius 2 is 2.22 bits per heavy atom. The third-order valence-corrected chi connectivity index (χ3v) is 3.69. The van der Waals surface area contributed by atoms with Crippen molar-refractivity contribution in [3.8, 4) is 0 Å². The Kier molecular flexibility index (Phi) is 6.65. The highest BCUT2D eigenvalue weighted by molar-refractivity contribution is 5.76. The van der Waals surface area contributed by atoms with Gasteiger partial charge in [0.25, 0.3) is 0 Å². The largest absolute Gasteiger partial charge is 0.356 e. The molecule has 0 aromatic rings. The summed E-state index contributed by atoms with van der Waals surface area (Å²) in [5, 5.41) is 3.06. The van der Waals surface area contributed by atoms with E-state index in [1.54, 1.807) is 0 Å². The van der Waals surface area contributed by atoms with E-state index in [4.69, 9.17) is 5.73 Å². The molecule has 1 heterocycles. The summed E-state index contributed by atoms with van der Waals surface area (Å²) in [4.78, 5) is 14.2. The molecule has 2 atom stereocenters. The second kappa shape index (κ2) is 7.74. The van der Waals surface area contributed by atoms with Gasteiger partial charge in [-0.2, -0.15) is 0 Å². The van der Waals surface area contributed by atoms with Crippen LogP contribution >= 0.6 is 0 Å². The Bertz CT molecular complexity index is 255. The molecule has 1 fully saturated rings. The van der Waals surface area contributed by atoms with Gasteiger partial charge in [-0.3, -0.25) is 4.79 Å². The maximum atomic E-state index is 11.9. The second-order valence-corrected chi connectivity index (χ2v) is 6.16. The minimum absolute atomic E-state index is 0.167. The zero-order valence-corrected chi connectivity index (χ0v) is 12.1. The van der Waals surface area contributed by atoms with Gasteiger partial charge in [0.1, 0.15) is 0 Å². The SMILES string of the molecule is CC(C)C[C@H](CN)CC(=O)NCC1CCN(C)C1. The Morgan fingerprint density at radius 3 is 2.72 bits per heavy atom. The zero-order chi connectivity index (χ0) is 13.5. The number of rotatable bonds is 7. The number of hydrogen-bond acceptors (Lipinski definition) is 3. The first-order valence-corrected chi connectivity index (χ1v) is 7.16. The zero-order valence-electron chi connectivity index (χ0n) is 12.1. The van der Waals surface area contributed by atoms with E-state index in [1.807, 2.05) is 0 Å². The minimum atomic E-state index is 0.167. The molecule has 1 rings (SSSR count). The summed E-state index contributed by atoms with van der Waals surface area (Å²) < 4.78 is 0. The maximum absolute atomic E-state index is 11.9. The number of hydrogen-bond donors (Lipinski definition) is 2. The standard InChI is InChI=1S/C14H29N3O/c1-11(2)6-13(8-15)7-14(18)16-9-12-4-5-17(3)10-12/h11-13H,4-10,15H2,1-3H3,(H,16,18)/t12?,13-/m0/s1. The van der Waals surface area contributed by atoms with Gasteiger partial charge >= 0.3 is 0 Å². The van der Waals surface area contributed by atoms with Crippen molar-refractivity contribution in [3.63, 3.8) is 0 Å². The molecule has 1 unspecified atom stereocenters. The Balaban J connectivity index is 2.19. The molecule has 0 aliphatic carbocycles. The summed E-state index contributed by atoms with van der Waals surface area (Å²) in [5.41, 5.74) is 5.72. The third kappa shape index (κ3) is 5.83. The third-order valence-electron chi connectivity index (χ3n) is 3.69. The molecule has 4 nitrogen and oxygen atoms in total. The van der Waals surface area contributed by atoms with Crippen molar-refractivity contribution in [2.75, 3.05) is 33.2 Å².